The van der Waals surface area contributed by atoms with Crippen molar-refractivity contribution in [3.05, 3.63) is 52.2 Å². The fraction of sp³-hybridized carbons (Fsp3) is 0.438. The van der Waals surface area contributed by atoms with Gasteiger partial charge >= 0.3 is 5.97 Å². The third-order valence-corrected chi connectivity index (χ3v) is 4.02. The van der Waals surface area contributed by atoms with Crippen molar-refractivity contribution in [2.24, 2.45) is 0 Å². The second-order valence-corrected chi connectivity index (χ2v) is 5.66. The van der Waals surface area contributed by atoms with Crippen molar-refractivity contribution in [1.82, 2.24) is 19.5 Å². The maximum absolute atomic E-state index is 12.3. The van der Waals surface area contributed by atoms with E-state index in [1.165, 1.54) is 6.33 Å². The van der Waals surface area contributed by atoms with Crippen LogP contribution in [0.25, 0.3) is 0 Å². The molecule has 1 aliphatic carbocycles. The SMILES string of the molecule is CCOC(=O)C1(n2cc(Cc3cncnc3)c(=O)nc2C)CC1. The summed E-state index contributed by atoms with van der Waals surface area (Å²) in [6.07, 6.45) is 8.27. The van der Waals surface area contributed by atoms with Gasteiger partial charge in [0.15, 0.2) is 0 Å². The Morgan fingerprint density at radius 1 is 1.35 bits per heavy atom. The fourth-order valence-electron chi connectivity index (χ4n) is 2.70. The molecule has 1 aliphatic rings. The van der Waals surface area contributed by atoms with Gasteiger partial charge in [-0.1, -0.05) is 0 Å². The van der Waals surface area contributed by atoms with Crippen molar-refractivity contribution in [2.75, 3.05) is 6.61 Å². The van der Waals surface area contributed by atoms with E-state index in [0.717, 1.165) is 5.56 Å². The number of rotatable bonds is 5. The topological polar surface area (TPSA) is 87.0 Å². The van der Waals surface area contributed by atoms with E-state index >= 15 is 0 Å². The van der Waals surface area contributed by atoms with Gasteiger partial charge in [-0.2, -0.15) is 4.98 Å². The molecule has 0 radical (unpaired) electrons. The third-order valence-electron chi connectivity index (χ3n) is 4.02. The maximum Gasteiger partial charge on any atom is 0.332 e. The summed E-state index contributed by atoms with van der Waals surface area (Å²) >= 11 is 0. The molecule has 0 aliphatic heterocycles. The highest BCUT2D eigenvalue weighted by Gasteiger charge is 2.53. The Kier molecular flexibility index (Phi) is 3.94. The van der Waals surface area contributed by atoms with Crippen LogP contribution in [0.2, 0.25) is 0 Å². The van der Waals surface area contributed by atoms with Crippen molar-refractivity contribution in [2.45, 2.75) is 38.6 Å². The summed E-state index contributed by atoms with van der Waals surface area (Å²) in [6.45, 7) is 3.85. The van der Waals surface area contributed by atoms with Crippen LogP contribution in [0.1, 0.15) is 36.7 Å². The van der Waals surface area contributed by atoms with Crippen LogP contribution in [-0.2, 0) is 21.5 Å². The molecule has 7 nitrogen and oxygen atoms in total. The Morgan fingerprint density at radius 2 is 2.04 bits per heavy atom. The molecule has 0 bridgehead atoms. The van der Waals surface area contributed by atoms with Gasteiger partial charge in [0, 0.05) is 30.6 Å². The number of aryl methyl sites for hydroxylation is 1. The lowest BCUT2D eigenvalue weighted by Crippen LogP contribution is -2.34. The largest absolute Gasteiger partial charge is 0.464 e. The number of carbonyl (C=O) groups excluding carboxylic acids is 1. The summed E-state index contributed by atoms with van der Waals surface area (Å²) < 4.78 is 6.96. The summed E-state index contributed by atoms with van der Waals surface area (Å²) in [5, 5.41) is 0. The van der Waals surface area contributed by atoms with Gasteiger partial charge in [0.05, 0.1) is 6.61 Å². The number of esters is 1. The summed E-state index contributed by atoms with van der Waals surface area (Å²) in [5.41, 5.74) is 0.342. The molecule has 0 aromatic carbocycles. The summed E-state index contributed by atoms with van der Waals surface area (Å²) in [4.78, 5) is 36.4. The van der Waals surface area contributed by atoms with E-state index in [1.54, 1.807) is 37.0 Å². The van der Waals surface area contributed by atoms with Crippen LogP contribution in [0, 0.1) is 6.92 Å². The lowest BCUT2D eigenvalue weighted by atomic mass is 10.1. The second kappa shape index (κ2) is 5.91. The smallest absolute Gasteiger partial charge is 0.332 e. The highest BCUT2D eigenvalue weighted by Crippen LogP contribution is 2.45. The molecule has 0 unspecified atom stereocenters. The predicted molar refractivity (Wildman–Crippen MR) is 81.9 cm³/mol. The van der Waals surface area contributed by atoms with Gasteiger partial charge in [-0.25, -0.2) is 14.8 Å². The maximum atomic E-state index is 12.3. The van der Waals surface area contributed by atoms with Crippen LogP contribution < -0.4 is 5.56 Å². The van der Waals surface area contributed by atoms with E-state index in [0.29, 0.717) is 37.3 Å². The molecule has 0 N–H and O–H groups in total. The van der Waals surface area contributed by atoms with Gasteiger partial charge in [0.1, 0.15) is 17.7 Å². The quantitative estimate of drug-likeness (QED) is 0.765. The van der Waals surface area contributed by atoms with Gasteiger partial charge in [-0.15, -0.1) is 0 Å². The number of aromatic nitrogens is 4. The summed E-state index contributed by atoms with van der Waals surface area (Å²) in [5.74, 6) is 0.260. The minimum Gasteiger partial charge on any atom is -0.464 e. The highest BCUT2D eigenvalue weighted by molar-refractivity contribution is 5.82. The van der Waals surface area contributed by atoms with Gasteiger partial charge in [0.2, 0.25) is 0 Å². The first kappa shape index (κ1) is 15.3. The standard InChI is InChI=1S/C16H18N4O3/c1-3-23-15(22)16(4-5-16)20-9-13(14(21)19-11(20)2)6-12-7-17-10-18-8-12/h7-10H,3-6H2,1-2H3. The summed E-state index contributed by atoms with van der Waals surface area (Å²) in [7, 11) is 0. The van der Waals surface area contributed by atoms with Crippen LogP contribution in [-0.4, -0.2) is 32.1 Å². The van der Waals surface area contributed by atoms with Crippen molar-refractivity contribution in [1.29, 1.82) is 0 Å². The molecule has 2 aromatic heterocycles. The predicted octanol–water partition coefficient (Wildman–Crippen LogP) is 0.985. The molecular weight excluding hydrogens is 296 g/mol. The van der Waals surface area contributed by atoms with E-state index < -0.39 is 5.54 Å². The molecule has 2 aromatic rings. The minimum atomic E-state index is -0.706. The molecule has 2 heterocycles. The normalized spacial score (nSPS) is 15.2. The molecule has 1 fully saturated rings. The van der Waals surface area contributed by atoms with Crippen molar-refractivity contribution in [3.8, 4) is 0 Å². The van der Waals surface area contributed by atoms with Gasteiger partial charge in [-0.05, 0) is 32.3 Å². The Bertz CT molecular complexity index is 782. The summed E-state index contributed by atoms with van der Waals surface area (Å²) in [6, 6.07) is 0. The van der Waals surface area contributed by atoms with Crippen LogP contribution in [0.3, 0.4) is 0 Å². The minimum absolute atomic E-state index is 0.262. The average molecular weight is 314 g/mol. The van der Waals surface area contributed by atoms with E-state index in [9.17, 15) is 9.59 Å². The monoisotopic (exact) mass is 314 g/mol. The third kappa shape index (κ3) is 2.86. The number of ether oxygens (including phenoxy) is 1. The van der Waals surface area contributed by atoms with Crippen LogP contribution in [0.15, 0.2) is 29.7 Å². The zero-order chi connectivity index (χ0) is 16.4. The van der Waals surface area contributed by atoms with Gasteiger partial charge in [0.25, 0.3) is 5.56 Å². The first-order valence-electron chi connectivity index (χ1n) is 7.57. The Labute approximate surface area is 133 Å². The highest BCUT2D eigenvalue weighted by atomic mass is 16.5. The van der Waals surface area contributed by atoms with E-state index in [2.05, 4.69) is 15.0 Å². The number of hydrogen-bond acceptors (Lipinski definition) is 6. The van der Waals surface area contributed by atoms with E-state index in [1.807, 2.05) is 0 Å². The molecule has 0 spiro atoms. The average Bonchev–Trinajstić information content (AvgIpc) is 3.33. The molecule has 7 heteroatoms. The number of hydrogen-bond donors (Lipinski definition) is 0. The Morgan fingerprint density at radius 3 is 2.65 bits per heavy atom. The molecule has 1 saturated carbocycles. The fourth-order valence-corrected chi connectivity index (χ4v) is 2.70. The molecule has 23 heavy (non-hydrogen) atoms. The number of carbonyl (C=O) groups is 1. The molecule has 0 saturated heterocycles. The van der Waals surface area contributed by atoms with Crippen LogP contribution in [0.5, 0.6) is 0 Å². The van der Waals surface area contributed by atoms with Gasteiger partial charge in [-0.3, -0.25) is 4.79 Å². The first-order valence-corrected chi connectivity index (χ1v) is 7.57. The first-order chi connectivity index (χ1) is 11.1. The van der Waals surface area contributed by atoms with E-state index in [-0.39, 0.29) is 11.5 Å². The Balaban J connectivity index is 1.98. The zero-order valence-electron chi connectivity index (χ0n) is 13.2. The molecular formula is C16H18N4O3. The second-order valence-electron chi connectivity index (χ2n) is 5.66. The van der Waals surface area contributed by atoms with Gasteiger partial charge < -0.3 is 9.30 Å². The van der Waals surface area contributed by atoms with Crippen molar-refractivity contribution in [3.63, 3.8) is 0 Å². The van der Waals surface area contributed by atoms with E-state index in [4.69, 9.17) is 4.74 Å². The van der Waals surface area contributed by atoms with Crippen LogP contribution in [0.4, 0.5) is 0 Å². The van der Waals surface area contributed by atoms with Crippen molar-refractivity contribution < 1.29 is 9.53 Å². The number of nitrogens with zero attached hydrogens (tertiary/aromatic N) is 4. The van der Waals surface area contributed by atoms with Crippen molar-refractivity contribution >= 4 is 5.97 Å². The molecule has 120 valence electrons. The van der Waals surface area contributed by atoms with Crippen LogP contribution >= 0.6 is 0 Å². The lowest BCUT2D eigenvalue weighted by Gasteiger charge is -2.20. The Hall–Kier alpha value is -2.57. The molecule has 3 rings (SSSR count). The lowest BCUT2D eigenvalue weighted by molar-refractivity contribution is -0.148. The molecule has 0 amide bonds. The zero-order valence-corrected chi connectivity index (χ0v) is 13.2. The molecule has 0 atom stereocenters.